The molecular weight excluding hydrogens is 731 g/mol. The van der Waals surface area contributed by atoms with E-state index in [1.54, 1.807) is 0 Å². The van der Waals surface area contributed by atoms with Gasteiger partial charge in [0.25, 0.3) is 0 Å². The summed E-state index contributed by atoms with van der Waals surface area (Å²) in [4.78, 5) is 4.88. The lowest BCUT2D eigenvalue weighted by molar-refractivity contribution is -0.349. The Hall–Kier alpha value is -7.44. The minimum atomic E-state index is -0.168. The molecule has 0 amide bonds. The van der Waals surface area contributed by atoms with Crippen LogP contribution in [0.5, 0.6) is 11.5 Å². The van der Waals surface area contributed by atoms with E-state index < -0.39 is 0 Å². The summed E-state index contributed by atoms with van der Waals surface area (Å²) in [7, 11) is 0. The molecule has 0 fully saturated rings. The van der Waals surface area contributed by atoms with Gasteiger partial charge in [-0.2, -0.15) is 0 Å². The molecule has 10 aromatic rings. The molecule has 60 heavy (non-hydrogen) atoms. The van der Waals surface area contributed by atoms with Crippen molar-refractivity contribution in [3.8, 4) is 39.6 Å². The molecule has 0 N–H and O–H groups in total. The largest absolute Gasteiger partial charge is 0.458 e. The SMILES string of the molecule is CC(C)(C)c1ccnc(-n2c3ccccc3c3ccc(Oc4cccc([N+]5=[C-]B6C(=C5)c5ccccc5-c5cccc7c8cccc(-c9ccccc9)c8n6c57)c4)cc32)c1. The van der Waals surface area contributed by atoms with Crippen LogP contribution in [0.4, 0.5) is 5.69 Å². The molecule has 0 radical (unpaired) electrons. The van der Waals surface area contributed by atoms with Crippen LogP contribution in [0, 0.1) is 0 Å². The summed E-state index contributed by atoms with van der Waals surface area (Å²) in [6.07, 6.45) is 8.14. The van der Waals surface area contributed by atoms with E-state index in [9.17, 15) is 0 Å². The highest BCUT2D eigenvalue weighted by Crippen LogP contribution is 2.46. The molecular formula is C54H39BN4O. The van der Waals surface area contributed by atoms with Crippen molar-refractivity contribution >= 4 is 67.7 Å². The predicted octanol–water partition coefficient (Wildman–Crippen LogP) is 13.3. The Labute approximate surface area is 348 Å². The molecule has 0 aliphatic carbocycles. The Morgan fingerprint density at radius 3 is 2.07 bits per heavy atom. The van der Waals surface area contributed by atoms with Gasteiger partial charge in [-0.15, -0.1) is 0 Å². The number of ether oxygens (including phenoxy) is 1. The van der Waals surface area contributed by atoms with Crippen LogP contribution in [0.3, 0.4) is 0 Å². The van der Waals surface area contributed by atoms with Crippen LogP contribution in [-0.4, -0.2) is 31.6 Å². The predicted molar refractivity (Wildman–Crippen MR) is 248 cm³/mol. The minimum absolute atomic E-state index is 0.00619. The smallest absolute Gasteiger partial charge is 0.317 e. The Morgan fingerprint density at radius 2 is 1.23 bits per heavy atom. The Morgan fingerprint density at radius 1 is 0.567 bits per heavy atom. The summed E-state index contributed by atoms with van der Waals surface area (Å²) >= 11 is 0. The fourth-order valence-corrected chi connectivity index (χ4v) is 9.56. The van der Waals surface area contributed by atoms with Gasteiger partial charge in [-0.3, -0.25) is 4.57 Å². The molecule has 5 heterocycles. The topological polar surface area (TPSA) is 35.0 Å². The van der Waals surface area contributed by atoms with Gasteiger partial charge in [0.2, 0.25) is 0 Å². The molecule has 0 saturated carbocycles. The number of aromatic nitrogens is 3. The van der Waals surface area contributed by atoms with Crippen LogP contribution < -0.4 is 4.74 Å². The van der Waals surface area contributed by atoms with Crippen molar-refractivity contribution in [3.05, 3.63) is 193 Å². The molecule has 2 aliphatic heterocycles. The van der Waals surface area contributed by atoms with Crippen LogP contribution in [0.15, 0.2) is 182 Å². The molecule has 12 rings (SSSR count). The maximum absolute atomic E-state index is 6.74. The fraction of sp³-hybridized carbons (Fsp3) is 0.0741. The molecule has 3 aromatic heterocycles. The summed E-state index contributed by atoms with van der Waals surface area (Å²) < 4.78 is 13.7. The molecule has 0 spiro atoms. The van der Waals surface area contributed by atoms with Crippen molar-refractivity contribution in [1.82, 2.24) is 14.0 Å². The average molecular weight is 771 g/mol. The van der Waals surface area contributed by atoms with Gasteiger partial charge in [0, 0.05) is 56.0 Å². The Balaban J connectivity index is 0.982. The molecule has 2 aliphatic rings. The summed E-state index contributed by atoms with van der Waals surface area (Å²) in [5.41, 5.74) is 14.1. The molecule has 0 unspecified atom stereocenters. The van der Waals surface area contributed by atoms with Crippen molar-refractivity contribution in [2.75, 3.05) is 0 Å². The second kappa shape index (κ2) is 13.0. The number of hydrogen-bond acceptors (Lipinski definition) is 2. The van der Waals surface area contributed by atoms with Crippen molar-refractivity contribution < 1.29 is 9.31 Å². The van der Waals surface area contributed by atoms with Gasteiger partial charge in [0.1, 0.15) is 23.0 Å². The minimum Gasteiger partial charge on any atom is -0.458 e. The molecule has 0 saturated heterocycles. The third kappa shape index (κ3) is 5.27. The van der Waals surface area contributed by atoms with Crippen LogP contribution >= 0.6 is 0 Å². The summed E-state index contributed by atoms with van der Waals surface area (Å²) in [5, 5.41) is 4.84. The molecule has 0 atom stereocenters. The van der Waals surface area contributed by atoms with E-state index in [0.29, 0.717) is 0 Å². The Bertz CT molecular complexity index is 3430. The van der Waals surface area contributed by atoms with Crippen LogP contribution in [0.2, 0.25) is 0 Å². The molecule has 5 nitrogen and oxygen atoms in total. The third-order valence-electron chi connectivity index (χ3n) is 12.4. The zero-order chi connectivity index (χ0) is 40.1. The first kappa shape index (κ1) is 34.6. The van der Waals surface area contributed by atoms with E-state index in [4.69, 9.17) is 9.72 Å². The van der Waals surface area contributed by atoms with Gasteiger partial charge in [-0.1, -0.05) is 136 Å². The molecule has 284 valence electrons. The van der Waals surface area contributed by atoms with E-state index in [-0.39, 0.29) is 12.3 Å². The van der Waals surface area contributed by atoms with Gasteiger partial charge < -0.3 is 13.8 Å². The number of nitrogens with zero attached hydrogens (tertiary/aromatic N) is 4. The second-order valence-electron chi connectivity index (χ2n) is 17.0. The van der Waals surface area contributed by atoms with Crippen LogP contribution in [-0.2, 0) is 5.41 Å². The second-order valence-corrected chi connectivity index (χ2v) is 17.0. The van der Waals surface area contributed by atoms with Gasteiger partial charge in [0.15, 0.2) is 0 Å². The van der Waals surface area contributed by atoms with Crippen molar-refractivity contribution in [1.29, 1.82) is 0 Å². The standard InChI is InChI=1S/C54H39BN4O/c1-54(2,3)36-28-29-56-51(30-36)58-49-25-10-9-20-43(49)44-27-26-39(32-50(44)58)60-38-17-11-16-37(31-38)57-33-48-42-19-8-7-18-41(42)45-22-13-24-47-46-23-12-21-40(35-14-5-4-6-15-35)52(46)59(53(45)47)55(48)34-57/h4-33H,1-3H3. The highest BCUT2D eigenvalue weighted by molar-refractivity contribution is 6.99. The van der Waals surface area contributed by atoms with Gasteiger partial charge in [0.05, 0.1) is 23.3 Å². The zero-order valence-electron chi connectivity index (χ0n) is 33.6. The van der Waals surface area contributed by atoms with Crippen molar-refractivity contribution in [3.63, 3.8) is 0 Å². The number of hydrogen-bond donors (Lipinski definition) is 0. The van der Waals surface area contributed by atoms with Crippen molar-refractivity contribution in [2.24, 2.45) is 0 Å². The Kier molecular flexibility index (Phi) is 7.52. The quantitative estimate of drug-likeness (QED) is 0.0992. The highest BCUT2D eigenvalue weighted by Gasteiger charge is 2.36. The number of fused-ring (bicyclic) bond motifs is 11. The zero-order valence-corrected chi connectivity index (χ0v) is 33.6. The van der Waals surface area contributed by atoms with Gasteiger partial charge in [-0.25, -0.2) is 4.98 Å². The third-order valence-corrected chi connectivity index (χ3v) is 12.4. The maximum Gasteiger partial charge on any atom is 0.317 e. The first-order chi connectivity index (χ1) is 29.4. The number of rotatable bonds is 5. The van der Waals surface area contributed by atoms with Gasteiger partial charge >= 0.3 is 6.85 Å². The van der Waals surface area contributed by atoms with E-state index in [0.717, 1.165) is 39.4 Å². The van der Waals surface area contributed by atoms with E-state index >= 15 is 0 Å². The molecule has 0 bridgehead atoms. The summed E-state index contributed by atoms with van der Waals surface area (Å²) in [6.45, 7) is 6.55. The monoisotopic (exact) mass is 770 g/mol. The molecule has 7 aromatic carbocycles. The highest BCUT2D eigenvalue weighted by atomic mass is 16.5. The van der Waals surface area contributed by atoms with Crippen LogP contribution in [0.1, 0.15) is 31.9 Å². The first-order valence-corrected chi connectivity index (χ1v) is 20.6. The number of para-hydroxylation sites is 3. The summed E-state index contributed by atoms with van der Waals surface area (Å²) in [6, 6.07) is 60.6. The number of pyridine rings is 1. The number of benzene rings is 7. The first-order valence-electron chi connectivity index (χ1n) is 20.6. The fourth-order valence-electron chi connectivity index (χ4n) is 9.56. The van der Waals surface area contributed by atoms with Gasteiger partial charge in [-0.05, 0) is 81.7 Å². The lowest BCUT2D eigenvalue weighted by atomic mass is 9.55. The van der Waals surface area contributed by atoms with Crippen molar-refractivity contribution in [2.45, 2.75) is 26.2 Å². The lowest BCUT2D eigenvalue weighted by Crippen LogP contribution is -2.27. The lowest BCUT2D eigenvalue weighted by Gasteiger charge is -2.20. The maximum atomic E-state index is 6.74. The average Bonchev–Trinajstić information content (AvgIpc) is 3.95. The normalized spacial score (nSPS) is 13.4. The van der Waals surface area contributed by atoms with E-state index in [1.807, 2.05) is 12.3 Å². The van der Waals surface area contributed by atoms with Crippen LogP contribution in [0.25, 0.3) is 77.2 Å². The summed E-state index contributed by atoms with van der Waals surface area (Å²) in [5.74, 6) is 2.40. The van der Waals surface area contributed by atoms with E-state index in [2.05, 4.69) is 210 Å². The molecule has 6 heteroatoms. The van der Waals surface area contributed by atoms with E-state index in [1.165, 1.54) is 66.0 Å².